The van der Waals surface area contributed by atoms with Crippen molar-refractivity contribution < 1.29 is 4.79 Å². The summed E-state index contributed by atoms with van der Waals surface area (Å²) in [7, 11) is 0. The van der Waals surface area contributed by atoms with Gasteiger partial charge >= 0.3 is 0 Å². The predicted molar refractivity (Wildman–Crippen MR) is 108 cm³/mol. The molecule has 1 aromatic heterocycles. The largest absolute Gasteiger partial charge is 0.325 e. The first-order valence-electron chi connectivity index (χ1n) is 9.18. The number of hydrogen-bond acceptors (Lipinski definition) is 4. The summed E-state index contributed by atoms with van der Waals surface area (Å²) in [5, 5.41) is 3.50. The Bertz CT molecular complexity index is 997. The van der Waals surface area contributed by atoms with E-state index in [0.29, 0.717) is 29.8 Å². The van der Waals surface area contributed by atoms with E-state index in [4.69, 9.17) is 0 Å². The second-order valence-electron chi connectivity index (χ2n) is 6.44. The fourth-order valence-electron chi connectivity index (χ4n) is 2.97. The van der Waals surface area contributed by atoms with Gasteiger partial charge in [-0.1, -0.05) is 38.1 Å². The molecule has 0 bridgehead atoms. The number of aromatic nitrogens is 2. The van der Waals surface area contributed by atoms with Gasteiger partial charge in [-0.25, -0.2) is 4.98 Å². The smallest absolute Gasteiger partial charge is 0.258 e. The fraction of sp³-hybridized carbons (Fsp3) is 0.286. The number of para-hydroxylation sites is 1. The van der Waals surface area contributed by atoms with E-state index in [1.54, 1.807) is 6.07 Å². The molecule has 0 radical (unpaired) electrons. The minimum absolute atomic E-state index is 0.0896. The Balaban J connectivity index is 1.68. The van der Waals surface area contributed by atoms with Crippen molar-refractivity contribution in [3.8, 4) is 0 Å². The predicted octanol–water partition coefficient (Wildman–Crippen LogP) is 2.95. The molecule has 2 aromatic carbocycles. The van der Waals surface area contributed by atoms with Gasteiger partial charge in [0.1, 0.15) is 5.82 Å². The number of rotatable bonds is 7. The average molecular weight is 364 g/mol. The van der Waals surface area contributed by atoms with E-state index in [1.807, 2.05) is 54.3 Å². The summed E-state index contributed by atoms with van der Waals surface area (Å²) in [5.74, 6) is 0.467. The number of likely N-dealkylation sites (N-methyl/N-ethyl adjacent to an activating group) is 1. The third-order valence-corrected chi connectivity index (χ3v) is 4.47. The van der Waals surface area contributed by atoms with E-state index < -0.39 is 0 Å². The highest BCUT2D eigenvalue weighted by Gasteiger charge is 2.12. The van der Waals surface area contributed by atoms with Crippen molar-refractivity contribution in [2.24, 2.45) is 0 Å². The van der Waals surface area contributed by atoms with Gasteiger partial charge in [0.15, 0.2) is 0 Å². The molecule has 0 fully saturated rings. The summed E-state index contributed by atoms with van der Waals surface area (Å²) in [6.45, 7) is 5.35. The van der Waals surface area contributed by atoms with Crippen molar-refractivity contribution in [2.75, 3.05) is 18.4 Å². The van der Waals surface area contributed by atoms with Gasteiger partial charge < -0.3 is 10.3 Å². The Kier molecular flexibility index (Phi) is 5.98. The molecule has 1 amide bonds. The van der Waals surface area contributed by atoms with Gasteiger partial charge in [0.25, 0.3) is 5.56 Å². The number of fused-ring (bicyclic) bond motifs is 1. The summed E-state index contributed by atoms with van der Waals surface area (Å²) in [6.07, 6.45) is 0.922. The normalized spacial score (nSPS) is 11.1. The van der Waals surface area contributed by atoms with Crippen LogP contribution in [-0.4, -0.2) is 33.9 Å². The number of benzene rings is 2. The number of hydrogen-bond donors (Lipinski definition) is 2. The van der Waals surface area contributed by atoms with Crippen LogP contribution in [0.3, 0.4) is 0 Å². The molecular formula is C21H24N4O2. The molecule has 140 valence electrons. The molecule has 0 spiro atoms. The van der Waals surface area contributed by atoms with Crippen molar-refractivity contribution >= 4 is 22.5 Å². The van der Waals surface area contributed by atoms with Gasteiger partial charge in [0, 0.05) is 5.69 Å². The standard InChI is InChI=1S/C21H24N4O2/c1-3-15-8-7-9-16(12-15)22-20(26)14-25(4-2)13-19-23-18-11-6-5-10-17(18)21(27)24-19/h5-12H,3-4,13-14H2,1-2H3,(H,22,26)(H,23,24,27). The van der Waals surface area contributed by atoms with Crippen LogP contribution in [0.4, 0.5) is 5.69 Å². The number of anilines is 1. The zero-order chi connectivity index (χ0) is 19.2. The zero-order valence-corrected chi connectivity index (χ0v) is 15.7. The molecule has 0 saturated heterocycles. The maximum absolute atomic E-state index is 12.4. The number of H-pyrrole nitrogens is 1. The second kappa shape index (κ2) is 8.60. The second-order valence-corrected chi connectivity index (χ2v) is 6.44. The zero-order valence-electron chi connectivity index (χ0n) is 15.7. The molecule has 3 rings (SSSR count). The lowest BCUT2D eigenvalue weighted by Crippen LogP contribution is -2.33. The maximum atomic E-state index is 12.4. The quantitative estimate of drug-likeness (QED) is 0.676. The molecule has 2 N–H and O–H groups in total. The first-order valence-corrected chi connectivity index (χ1v) is 9.18. The minimum atomic E-state index is -0.160. The Labute approximate surface area is 158 Å². The lowest BCUT2D eigenvalue weighted by atomic mass is 10.1. The van der Waals surface area contributed by atoms with E-state index in [9.17, 15) is 9.59 Å². The van der Waals surface area contributed by atoms with Crippen LogP contribution in [0.1, 0.15) is 25.2 Å². The van der Waals surface area contributed by atoms with Crippen LogP contribution in [0.25, 0.3) is 10.9 Å². The Morgan fingerprint density at radius 1 is 1.15 bits per heavy atom. The van der Waals surface area contributed by atoms with Crippen LogP contribution in [-0.2, 0) is 17.8 Å². The van der Waals surface area contributed by atoms with Gasteiger partial charge in [-0.2, -0.15) is 0 Å². The highest BCUT2D eigenvalue weighted by atomic mass is 16.2. The molecular weight excluding hydrogens is 340 g/mol. The van der Waals surface area contributed by atoms with Crippen LogP contribution in [0.15, 0.2) is 53.3 Å². The molecule has 6 heteroatoms. The van der Waals surface area contributed by atoms with E-state index in [2.05, 4.69) is 22.2 Å². The summed E-state index contributed by atoms with van der Waals surface area (Å²) in [5.41, 5.74) is 2.48. The Morgan fingerprint density at radius 3 is 2.74 bits per heavy atom. The van der Waals surface area contributed by atoms with Crippen molar-refractivity contribution in [2.45, 2.75) is 26.8 Å². The van der Waals surface area contributed by atoms with E-state index >= 15 is 0 Å². The molecule has 0 aliphatic rings. The summed E-state index contributed by atoms with van der Waals surface area (Å²) in [4.78, 5) is 33.9. The third kappa shape index (κ3) is 4.80. The van der Waals surface area contributed by atoms with Gasteiger partial charge in [0.2, 0.25) is 5.91 Å². The SMILES string of the molecule is CCc1cccc(NC(=O)CN(CC)Cc2nc3ccccc3c(=O)[nH]2)c1. The van der Waals surface area contributed by atoms with E-state index in [-0.39, 0.29) is 18.0 Å². The van der Waals surface area contributed by atoms with Crippen molar-refractivity contribution in [3.05, 3.63) is 70.3 Å². The number of aromatic amines is 1. The number of nitrogens with zero attached hydrogens (tertiary/aromatic N) is 2. The van der Waals surface area contributed by atoms with Crippen molar-refractivity contribution in [1.29, 1.82) is 0 Å². The van der Waals surface area contributed by atoms with E-state index in [1.165, 1.54) is 5.56 Å². The maximum Gasteiger partial charge on any atom is 0.258 e. The number of carbonyl (C=O) groups excluding carboxylic acids is 1. The first-order chi connectivity index (χ1) is 13.1. The highest BCUT2D eigenvalue weighted by molar-refractivity contribution is 5.92. The number of amides is 1. The molecule has 0 saturated carbocycles. The molecule has 6 nitrogen and oxygen atoms in total. The van der Waals surface area contributed by atoms with Crippen molar-refractivity contribution in [1.82, 2.24) is 14.9 Å². The lowest BCUT2D eigenvalue weighted by molar-refractivity contribution is -0.117. The average Bonchev–Trinajstić information content (AvgIpc) is 2.67. The topological polar surface area (TPSA) is 78.1 Å². The fourth-order valence-corrected chi connectivity index (χ4v) is 2.97. The molecule has 0 atom stereocenters. The molecule has 27 heavy (non-hydrogen) atoms. The van der Waals surface area contributed by atoms with Crippen LogP contribution in [0.2, 0.25) is 0 Å². The van der Waals surface area contributed by atoms with Gasteiger partial charge in [-0.15, -0.1) is 0 Å². The molecule has 0 aliphatic carbocycles. The molecule has 0 unspecified atom stereocenters. The van der Waals surface area contributed by atoms with Crippen LogP contribution < -0.4 is 10.9 Å². The van der Waals surface area contributed by atoms with Crippen LogP contribution in [0.5, 0.6) is 0 Å². The summed E-state index contributed by atoms with van der Waals surface area (Å²) < 4.78 is 0. The molecule has 1 heterocycles. The van der Waals surface area contributed by atoms with Gasteiger partial charge in [-0.05, 0) is 42.8 Å². The number of aryl methyl sites for hydroxylation is 1. The first kappa shape index (κ1) is 18.8. The lowest BCUT2D eigenvalue weighted by Gasteiger charge is -2.19. The summed E-state index contributed by atoms with van der Waals surface area (Å²) in [6, 6.07) is 15.1. The molecule has 3 aromatic rings. The minimum Gasteiger partial charge on any atom is -0.325 e. The molecule has 0 aliphatic heterocycles. The number of carbonyl (C=O) groups is 1. The Morgan fingerprint density at radius 2 is 1.96 bits per heavy atom. The van der Waals surface area contributed by atoms with Crippen LogP contribution in [0, 0.1) is 0 Å². The van der Waals surface area contributed by atoms with E-state index in [0.717, 1.165) is 12.1 Å². The highest BCUT2D eigenvalue weighted by Crippen LogP contribution is 2.11. The monoisotopic (exact) mass is 364 g/mol. The Hall–Kier alpha value is -2.99. The summed E-state index contributed by atoms with van der Waals surface area (Å²) >= 11 is 0. The van der Waals surface area contributed by atoms with Crippen LogP contribution >= 0.6 is 0 Å². The third-order valence-electron chi connectivity index (χ3n) is 4.47. The number of nitrogens with one attached hydrogen (secondary N) is 2. The van der Waals surface area contributed by atoms with Gasteiger partial charge in [0.05, 0.1) is 24.0 Å². The van der Waals surface area contributed by atoms with Crippen molar-refractivity contribution in [3.63, 3.8) is 0 Å². The van der Waals surface area contributed by atoms with Gasteiger partial charge in [-0.3, -0.25) is 14.5 Å².